The third-order valence-corrected chi connectivity index (χ3v) is 7.13. The molecule has 0 saturated heterocycles. The number of carbonyl (C=O) groups is 1. The van der Waals surface area contributed by atoms with Crippen LogP contribution in [-0.2, 0) is 21.2 Å². The van der Waals surface area contributed by atoms with Crippen molar-refractivity contribution >= 4 is 21.6 Å². The third kappa shape index (κ3) is 6.29. The first-order valence-electron chi connectivity index (χ1n) is 11.0. The molecule has 1 amide bonds. The van der Waals surface area contributed by atoms with Crippen LogP contribution in [0.1, 0.15) is 17.5 Å². The maximum Gasteiger partial charge on any atom is 0.264 e. The average Bonchev–Trinajstić information content (AvgIpc) is 2.86. The van der Waals surface area contributed by atoms with E-state index in [4.69, 9.17) is 9.47 Å². The highest BCUT2D eigenvalue weighted by Crippen LogP contribution is 2.35. The molecule has 1 N–H and O–H groups in total. The molecule has 0 fully saturated rings. The largest absolute Gasteiger partial charge is 0.497 e. The third-order valence-electron chi connectivity index (χ3n) is 5.36. The van der Waals surface area contributed by atoms with Crippen LogP contribution in [-0.4, -0.2) is 41.6 Å². The van der Waals surface area contributed by atoms with Gasteiger partial charge >= 0.3 is 0 Å². The maximum absolute atomic E-state index is 13.5. The maximum atomic E-state index is 13.5. The van der Waals surface area contributed by atoms with Gasteiger partial charge in [-0.15, -0.1) is 0 Å². The number of amides is 1. The predicted molar refractivity (Wildman–Crippen MR) is 133 cm³/mol. The summed E-state index contributed by atoms with van der Waals surface area (Å²) in [7, 11) is -1.08. The molecular formula is C26H30N2O5S. The Labute approximate surface area is 201 Å². The van der Waals surface area contributed by atoms with Gasteiger partial charge in [-0.2, -0.15) is 0 Å². The lowest BCUT2D eigenvalue weighted by atomic mass is 10.1. The number of aryl methyl sites for hydroxylation is 2. The molecule has 0 aliphatic carbocycles. The second-order valence-electron chi connectivity index (χ2n) is 7.80. The van der Waals surface area contributed by atoms with E-state index >= 15 is 0 Å². The summed E-state index contributed by atoms with van der Waals surface area (Å²) in [5.74, 6) is 0.394. The molecule has 8 heteroatoms. The molecule has 0 bridgehead atoms. The van der Waals surface area contributed by atoms with Crippen molar-refractivity contribution in [1.29, 1.82) is 0 Å². The molecule has 7 nitrogen and oxygen atoms in total. The van der Waals surface area contributed by atoms with Crippen molar-refractivity contribution in [3.05, 3.63) is 83.9 Å². The van der Waals surface area contributed by atoms with E-state index in [9.17, 15) is 13.2 Å². The van der Waals surface area contributed by atoms with E-state index in [1.165, 1.54) is 37.5 Å². The number of nitrogens with one attached hydrogen (secondary N) is 1. The molecule has 0 aromatic heterocycles. The quantitative estimate of drug-likeness (QED) is 0.418. The van der Waals surface area contributed by atoms with Crippen molar-refractivity contribution in [2.24, 2.45) is 0 Å². The highest BCUT2D eigenvalue weighted by atomic mass is 32.2. The summed E-state index contributed by atoms with van der Waals surface area (Å²) in [6, 6.07) is 21.1. The predicted octanol–water partition coefficient (Wildman–Crippen LogP) is 3.96. The van der Waals surface area contributed by atoms with E-state index in [0.29, 0.717) is 12.3 Å². The summed E-state index contributed by atoms with van der Waals surface area (Å²) in [6.07, 6.45) is 1.56. The molecule has 180 valence electrons. The SMILES string of the molecule is COc1ccc(N(CC(=O)NCCCc2ccc(C)cc2)S(=O)(=O)c2ccccc2)c(OC)c1. The summed E-state index contributed by atoms with van der Waals surface area (Å²) >= 11 is 0. The van der Waals surface area contributed by atoms with Crippen LogP contribution in [0.5, 0.6) is 11.5 Å². The molecule has 0 heterocycles. The first-order chi connectivity index (χ1) is 16.3. The molecule has 0 aliphatic rings. The Hall–Kier alpha value is -3.52. The molecule has 0 aliphatic heterocycles. The number of anilines is 1. The van der Waals surface area contributed by atoms with Crippen LogP contribution in [0, 0.1) is 6.92 Å². The Morgan fingerprint density at radius 2 is 1.65 bits per heavy atom. The summed E-state index contributed by atoms with van der Waals surface area (Å²) in [6.45, 7) is 2.09. The molecule has 0 spiro atoms. The number of rotatable bonds is 11. The summed E-state index contributed by atoms with van der Waals surface area (Å²) in [4.78, 5) is 12.9. The minimum absolute atomic E-state index is 0.0834. The Kier molecular flexibility index (Phi) is 8.54. The van der Waals surface area contributed by atoms with Gasteiger partial charge in [0.2, 0.25) is 5.91 Å². The van der Waals surface area contributed by atoms with Crippen molar-refractivity contribution in [3.8, 4) is 11.5 Å². The van der Waals surface area contributed by atoms with Gasteiger partial charge < -0.3 is 14.8 Å². The fourth-order valence-electron chi connectivity index (χ4n) is 3.47. The van der Waals surface area contributed by atoms with Gasteiger partial charge in [0.1, 0.15) is 18.0 Å². The highest BCUT2D eigenvalue weighted by Gasteiger charge is 2.29. The van der Waals surface area contributed by atoms with E-state index in [1.807, 2.05) is 6.92 Å². The minimum Gasteiger partial charge on any atom is -0.497 e. The fourth-order valence-corrected chi connectivity index (χ4v) is 4.92. The molecular weight excluding hydrogens is 452 g/mol. The Morgan fingerprint density at radius 3 is 2.29 bits per heavy atom. The normalized spacial score (nSPS) is 11.0. The van der Waals surface area contributed by atoms with Gasteiger partial charge in [-0.05, 0) is 49.6 Å². The number of hydrogen-bond acceptors (Lipinski definition) is 5. The monoisotopic (exact) mass is 482 g/mol. The topological polar surface area (TPSA) is 84.9 Å². The zero-order valence-electron chi connectivity index (χ0n) is 19.7. The Bertz CT molecular complexity index is 1200. The number of nitrogens with zero attached hydrogens (tertiary/aromatic N) is 1. The van der Waals surface area contributed by atoms with Gasteiger partial charge in [0.25, 0.3) is 10.0 Å². The number of methoxy groups -OCH3 is 2. The van der Waals surface area contributed by atoms with Gasteiger partial charge in [0, 0.05) is 12.6 Å². The van der Waals surface area contributed by atoms with Crippen LogP contribution < -0.4 is 19.1 Å². The van der Waals surface area contributed by atoms with Crippen LogP contribution >= 0.6 is 0 Å². The van der Waals surface area contributed by atoms with Crippen molar-refractivity contribution < 1.29 is 22.7 Å². The first-order valence-corrected chi connectivity index (χ1v) is 12.4. The van der Waals surface area contributed by atoms with Gasteiger partial charge in [0.05, 0.1) is 24.8 Å². The van der Waals surface area contributed by atoms with Gasteiger partial charge in [0.15, 0.2) is 0 Å². The fraction of sp³-hybridized carbons (Fsp3) is 0.269. The number of carbonyl (C=O) groups excluding carboxylic acids is 1. The second kappa shape index (κ2) is 11.6. The lowest BCUT2D eigenvalue weighted by Gasteiger charge is -2.26. The first kappa shape index (κ1) is 25.1. The molecule has 0 atom stereocenters. The summed E-state index contributed by atoms with van der Waals surface area (Å²) in [5.41, 5.74) is 2.64. The molecule has 0 unspecified atom stereocenters. The van der Waals surface area contributed by atoms with Crippen LogP contribution in [0.2, 0.25) is 0 Å². The Balaban J connectivity index is 1.77. The second-order valence-corrected chi connectivity index (χ2v) is 9.66. The van der Waals surface area contributed by atoms with E-state index in [0.717, 1.165) is 17.1 Å². The van der Waals surface area contributed by atoms with Crippen molar-refractivity contribution in [3.63, 3.8) is 0 Å². The summed E-state index contributed by atoms with van der Waals surface area (Å²) in [5, 5.41) is 2.84. The molecule has 0 saturated carbocycles. The van der Waals surface area contributed by atoms with Gasteiger partial charge in [-0.1, -0.05) is 48.0 Å². The van der Waals surface area contributed by atoms with Crippen molar-refractivity contribution in [1.82, 2.24) is 5.32 Å². The standard InChI is InChI=1S/C26H30N2O5S/c1-20-11-13-21(14-12-20)8-7-17-27-26(29)19-28(34(30,31)23-9-5-4-6-10-23)24-16-15-22(32-2)18-25(24)33-3/h4-6,9-16,18H,7-8,17,19H2,1-3H3,(H,27,29). The van der Waals surface area contributed by atoms with Gasteiger partial charge in [-0.25, -0.2) is 8.42 Å². The van der Waals surface area contributed by atoms with Crippen LogP contribution in [0.4, 0.5) is 5.69 Å². The smallest absolute Gasteiger partial charge is 0.264 e. The van der Waals surface area contributed by atoms with Crippen molar-refractivity contribution in [2.75, 3.05) is 31.6 Å². The molecule has 3 aromatic rings. The van der Waals surface area contributed by atoms with Crippen LogP contribution in [0.15, 0.2) is 77.7 Å². The molecule has 3 rings (SSSR count). The van der Waals surface area contributed by atoms with E-state index in [1.54, 1.807) is 36.4 Å². The van der Waals surface area contributed by atoms with E-state index in [2.05, 4.69) is 29.6 Å². The number of hydrogen-bond donors (Lipinski definition) is 1. The Morgan fingerprint density at radius 1 is 0.941 bits per heavy atom. The molecule has 34 heavy (non-hydrogen) atoms. The number of sulfonamides is 1. The zero-order valence-corrected chi connectivity index (χ0v) is 20.5. The molecule has 0 radical (unpaired) electrons. The molecule has 3 aromatic carbocycles. The average molecular weight is 483 g/mol. The van der Waals surface area contributed by atoms with Gasteiger partial charge in [-0.3, -0.25) is 9.10 Å². The van der Waals surface area contributed by atoms with Crippen molar-refractivity contribution in [2.45, 2.75) is 24.7 Å². The minimum atomic E-state index is -4.03. The zero-order chi connectivity index (χ0) is 24.6. The number of benzene rings is 3. The number of ether oxygens (including phenoxy) is 2. The lowest BCUT2D eigenvalue weighted by Crippen LogP contribution is -2.41. The van der Waals surface area contributed by atoms with Crippen LogP contribution in [0.25, 0.3) is 0 Å². The van der Waals surface area contributed by atoms with E-state index in [-0.39, 0.29) is 22.9 Å². The lowest BCUT2D eigenvalue weighted by molar-refractivity contribution is -0.119. The van der Waals surface area contributed by atoms with E-state index < -0.39 is 15.9 Å². The summed E-state index contributed by atoms with van der Waals surface area (Å²) < 4.78 is 38.7. The van der Waals surface area contributed by atoms with Crippen LogP contribution in [0.3, 0.4) is 0 Å². The highest BCUT2D eigenvalue weighted by molar-refractivity contribution is 7.92.